The van der Waals surface area contributed by atoms with Gasteiger partial charge < -0.3 is 14.7 Å². The highest BCUT2D eigenvalue weighted by atomic mass is 19.1. The Balaban J connectivity index is 1.96. The van der Waals surface area contributed by atoms with E-state index in [9.17, 15) is 13.9 Å². The predicted octanol–water partition coefficient (Wildman–Crippen LogP) is 3.57. The van der Waals surface area contributed by atoms with E-state index in [1.165, 1.54) is 18.3 Å². The topological polar surface area (TPSA) is 45.6 Å². The molecular formula is C19H22F2N2O2. The van der Waals surface area contributed by atoms with Crippen molar-refractivity contribution in [2.24, 2.45) is 0 Å². The van der Waals surface area contributed by atoms with E-state index in [1.807, 2.05) is 7.05 Å². The van der Waals surface area contributed by atoms with Gasteiger partial charge in [0.1, 0.15) is 11.9 Å². The monoisotopic (exact) mass is 348 g/mol. The number of ether oxygens (including phenoxy) is 1. The van der Waals surface area contributed by atoms with E-state index in [-0.39, 0.29) is 11.7 Å². The molecule has 1 fully saturated rings. The van der Waals surface area contributed by atoms with E-state index in [0.29, 0.717) is 11.3 Å². The molecule has 1 aliphatic rings. The van der Waals surface area contributed by atoms with Crippen LogP contribution in [0.4, 0.5) is 8.78 Å². The Morgan fingerprint density at radius 2 is 1.96 bits per heavy atom. The largest absolute Gasteiger partial charge is 0.505 e. The first-order valence-electron chi connectivity index (χ1n) is 8.39. The molecule has 25 heavy (non-hydrogen) atoms. The summed E-state index contributed by atoms with van der Waals surface area (Å²) in [4.78, 5) is 6.39. The minimum atomic E-state index is -0.820. The summed E-state index contributed by atoms with van der Waals surface area (Å²) in [6, 6.07) is 5.69. The van der Waals surface area contributed by atoms with Crippen LogP contribution in [0.5, 0.6) is 5.75 Å². The van der Waals surface area contributed by atoms with Crippen molar-refractivity contribution >= 4 is 0 Å². The standard InChI is InChI=1S/C19H22F2N2O2/c1-12-3-4-15(18(24)17(12)21)19(16-11-13(20)5-8-22-16)25-14-6-9-23(2)10-7-14/h3-5,8,11,14,19,24H,6-7,9-10H2,1-2H3. The van der Waals surface area contributed by atoms with Gasteiger partial charge in [-0.3, -0.25) is 4.98 Å². The molecule has 1 N–H and O–H groups in total. The number of likely N-dealkylation sites (tertiary alicyclic amines) is 1. The fourth-order valence-corrected chi connectivity index (χ4v) is 3.07. The molecule has 1 aromatic carbocycles. The van der Waals surface area contributed by atoms with E-state index in [2.05, 4.69) is 9.88 Å². The van der Waals surface area contributed by atoms with Gasteiger partial charge in [-0.1, -0.05) is 12.1 Å². The Morgan fingerprint density at radius 1 is 1.24 bits per heavy atom. The number of aromatic nitrogens is 1. The van der Waals surface area contributed by atoms with Gasteiger partial charge in [0, 0.05) is 24.8 Å². The van der Waals surface area contributed by atoms with Crippen LogP contribution in [-0.4, -0.2) is 41.2 Å². The van der Waals surface area contributed by atoms with Crippen molar-refractivity contribution in [3.8, 4) is 5.75 Å². The Labute approximate surface area is 146 Å². The van der Waals surface area contributed by atoms with Gasteiger partial charge in [-0.25, -0.2) is 8.78 Å². The predicted molar refractivity (Wildman–Crippen MR) is 90.4 cm³/mol. The van der Waals surface area contributed by atoms with E-state index in [1.54, 1.807) is 19.1 Å². The van der Waals surface area contributed by atoms with E-state index in [0.717, 1.165) is 25.9 Å². The number of aromatic hydroxyl groups is 1. The summed E-state index contributed by atoms with van der Waals surface area (Å²) in [6.45, 7) is 3.36. The smallest absolute Gasteiger partial charge is 0.168 e. The third-order valence-corrected chi connectivity index (χ3v) is 4.63. The van der Waals surface area contributed by atoms with Crippen molar-refractivity contribution in [1.82, 2.24) is 9.88 Å². The Morgan fingerprint density at radius 3 is 2.64 bits per heavy atom. The zero-order valence-electron chi connectivity index (χ0n) is 14.4. The van der Waals surface area contributed by atoms with Crippen LogP contribution >= 0.6 is 0 Å². The number of aryl methyl sites for hydroxylation is 1. The fourth-order valence-electron chi connectivity index (χ4n) is 3.07. The fraction of sp³-hybridized carbons (Fsp3) is 0.421. The van der Waals surface area contributed by atoms with E-state index < -0.39 is 23.5 Å². The molecule has 0 amide bonds. The van der Waals surface area contributed by atoms with Crippen molar-refractivity contribution < 1.29 is 18.6 Å². The number of rotatable bonds is 4. The second kappa shape index (κ2) is 7.45. The molecule has 0 saturated carbocycles. The van der Waals surface area contributed by atoms with Gasteiger partial charge in [0.25, 0.3) is 0 Å². The van der Waals surface area contributed by atoms with Crippen LogP contribution in [-0.2, 0) is 4.74 Å². The Kier molecular flexibility index (Phi) is 5.30. The van der Waals surface area contributed by atoms with E-state index >= 15 is 0 Å². The van der Waals surface area contributed by atoms with Gasteiger partial charge in [-0.15, -0.1) is 0 Å². The van der Waals surface area contributed by atoms with Crippen LogP contribution in [0.25, 0.3) is 0 Å². The van der Waals surface area contributed by atoms with Crippen molar-refractivity contribution in [2.45, 2.75) is 32.0 Å². The number of benzene rings is 1. The highest BCUT2D eigenvalue weighted by Crippen LogP contribution is 2.36. The maximum atomic E-state index is 14.2. The molecule has 1 atom stereocenters. The van der Waals surface area contributed by atoms with Gasteiger partial charge in [-0.05, 0) is 44.5 Å². The SMILES string of the molecule is Cc1ccc(C(OC2CCN(C)CC2)c2cc(F)ccn2)c(O)c1F. The van der Waals surface area contributed by atoms with Crippen LogP contribution in [0.3, 0.4) is 0 Å². The van der Waals surface area contributed by atoms with Crippen molar-refractivity contribution in [3.05, 3.63) is 58.9 Å². The normalized spacial score (nSPS) is 17.6. The van der Waals surface area contributed by atoms with Crippen LogP contribution in [0, 0.1) is 18.6 Å². The highest BCUT2D eigenvalue weighted by molar-refractivity contribution is 5.42. The lowest BCUT2D eigenvalue weighted by Crippen LogP contribution is -2.35. The number of halogens is 2. The first-order chi connectivity index (χ1) is 12.0. The maximum Gasteiger partial charge on any atom is 0.168 e. The summed E-state index contributed by atoms with van der Waals surface area (Å²) >= 11 is 0. The number of hydrogen-bond acceptors (Lipinski definition) is 4. The second-order valence-corrected chi connectivity index (χ2v) is 6.55. The number of piperidine rings is 1. The molecule has 1 aliphatic heterocycles. The summed E-state index contributed by atoms with van der Waals surface area (Å²) in [5.74, 6) is -1.61. The Hall–Kier alpha value is -2.05. The third kappa shape index (κ3) is 3.96. The lowest BCUT2D eigenvalue weighted by atomic mass is 10.0. The lowest BCUT2D eigenvalue weighted by Gasteiger charge is -2.32. The zero-order valence-corrected chi connectivity index (χ0v) is 14.4. The van der Waals surface area contributed by atoms with Gasteiger partial charge in [0.05, 0.1) is 11.8 Å². The molecule has 0 aliphatic carbocycles. The molecule has 3 rings (SSSR count). The molecule has 1 aromatic heterocycles. The first kappa shape index (κ1) is 17.8. The summed E-state index contributed by atoms with van der Waals surface area (Å²) in [7, 11) is 2.04. The summed E-state index contributed by atoms with van der Waals surface area (Å²) in [5, 5.41) is 10.3. The average Bonchev–Trinajstić information content (AvgIpc) is 2.60. The van der Waals surface area contributed by atoms with Crippen LogP contribution in [0.2, 0.25) is 0 Å². The zero-order chi connectivity index (χ0) is 18.0. The summed E-state index contributed by atoms with van der Waals surface area (Å²) in [5.41, 5.74) is 0.920. The lowest BCUT2D eigenvalue weighted by molar-refractivity contribution is -0.0260. The van der Waals surface area contributed by atoms with Crippen molar-refractivity contribution in [1.29, 1.82) is 0 Å². The van der Waals surface area contributed by atoms with Crippen LogP contribution in [0.1, 0.15) is 35.8 Å². The molecular weight excluding hydrogens is 326 g/mol. The van der Waals surface area contributed by atoms with Crippen LogP contribution in [0.15, 0.2) is 30.5 Å². The molecule has 2 heterocycles. The second-order valence-electron chi connectivity index (χ2n) is 6.55. The molecule has 134 valence electrons. The number of hydrogen-bond donors (Lipinski definition) is 1. The highest BCUT2D eigenvalue weighted by Gasteiger charge is 2.28. The molecule has 1 unspecified atom stereocenters. The van der Waals surface area contributed by atoms with Gasteiger partial charge in [-0.2, -0.15) is 0 Å². The molecule has 1 saturated heterocycles. The number of nitrogens with zero attached hydrogens (tertiary/aromatic N) is 2. The molecule has 4 nitrogen and oxygen atoms in total. The number of phenolic OH excluding ortho intramolecular Hbond substituents is 1. The third-order valence-electron chi connectivity index (χ3n) is 4.63. The van der Waals surface area contributed by atoms with Crippen LogP contribution < -0.4 is 0 Å². The van der Waals surface area contributed by atoms with Crippen molar-refractivity contribution in [3.63, 3.8) is 0 Å². The van der Waals surface area contributed by atoms with Gasteiger partial charge >= 0.3 is 0 Å². The minimum Gasteiger partial charge on any atom is -0.505 e. The van der Waals surface area contributed by atoms with Gasteiger partial charge in [0.2, 0.25) is 0 Å². The minimum absolute atomic E-state index is 0.0602. The quantitative estimate of drug-likeness (QED) is 0.917. The number of phenols is 1. The van der Waals surface area contributed by atoms with Gasteiger partial charge in [0.15, 0.2) is 11.6 Å². The summed E-state index contributed by atoms with van der Waals surface area (Å²) < 4.78 is 34.0. The molecule has 2 aromatic rings. The maximum absolute atomic E-state index is 14.2. The molecule has 6 heteroatoms. The number of pyridine rings is 1. The molecule has 0 bridgehead atoms. The Bertz CT molecular complexity index is 746. The first-order valence-corrected chi connectivity index (χ1v) is 8.39. The molecule has 0 radical (unpaired) electrons. The molecule has 0 spiro atoms. The average molecular weight is 348 g/mol. The van der Waals surface area contributed by atoms with Crippen molar-refractivity contribution in [2.75, 3.05) is 20.1 Å². The van der Waals surface area contributed by atoms with E-state index in [4.69, 9.17) is 4.74 Å². The summed E-state index contributed by atoms with van der Waals surface area (Å²) in [6.07, 6.45) is 2.10.